The molecule has 0 unspecified atom stereocenters. The molecule has 4 rings (SSSR count). The quantitative estimate of drug-likeness (QED) is 0.409. The monoisotopic (exact) mass is 441 g/mol. The zero-order valence-electron chi connectivity index (χ0n) is 18.7. The molecule has 3 heterocycles. The Bertz CT molecular complexity index is 1330. The molecule has 7 nitrogen and oxygen atoms in total. The molecule has 0 fully saturated rings. The number of aromatic nitrogens is 3. The predicted molar refractivity (Wildman–Crippen MR) is 123 cm³/mol. The van der Waals surface area contributed by atoms with Gasteiger partial charge in [-0.2, -0.15) is 9.59 Å². The molecule has 0 atom stereocenters. The van der Waals surface area contributed by atoms with E-state index in [4.69, 9.17) is 19.3 Å². The number of esters is 1. The van der Waals surface area contributed by atoms with Gasteiger partial charge in [0.1, 0.15) is 0 Å². The zero-order chi connectivity index (χ0) is 23.8. The molecule has 7 heteroatoms. The second-order valence-corrected chi connectivity index (χ2v) is 7.22. The summed E-state index contributed by atoms with van der Waals surface area (Å²) in [6, 6.07) is 15.6. The Hall–Kier alpha value is -4.22. The summed E-state index contributed by atoms with van der Waals surface area (Å²) in [5.41, 5.74) is 6.47. The molecule has 0 bridgehead atoms. The molecule has 0 aliphatic heterocycles. The first-order chi connectivity index (χ1) is 16.0. The Morgan fingerprint density at radius 2 is 1.70 bits per heavy atom. The van der Waals surface area contributed by atoms with Crippen LogP contribution < -0.4 is 0 Å². The van der Waals surface area contributed by atoms with Crippen molar-refractivity contribution in [3.05, 3.63) is 77.6 Å². The van der Waals surface area contributed by atoms with Crippen LogP contribution in [0.1, 0.15) is 35.3 Å². The van der Waals surface area contributed by atoms with Gasteiger partial charge in [0.2, 0.25) is 0 Å². The molecule has 33 heavy (non-hydrogen) atoms. The smallest absolute Gasteiger partial charge is 0.373 e. The van der Waals surface area contributed by atoms with Crippen molar-refractivity contribution in [1.82, 2.24) is 15.0 Å². The standard InChI is InChI=1S/C25H23N3O2.CO2/c1-4-17-8-10-26-22(13-17)23-15-19(25(29)30-5-2)14-21(28-23)20-12-16(3)11-18-7-6-9-27-24(18)20;2-1-3/h6-15H,4-5H2,1-3H3;. The van der Waals surface area contributed by atoms with Gasteiger partial charge in [-0.1, -0.05) is 13.0 Å². The molecule has 0 saturated carbocycles. The van der Waals surface area contributed by atoms with Crippen LogP contribution >= 0.6 is 0 Å². The third-order valence-electron chi connectivity index (χ3n) is 4.96. The van der Waals surface area contributed by atoms with Crippen molar-refractivity contribution in [1.29, 1.82) is 0 Å². The maximum atomic E-state index is 12.6. The number of nitrogens with zero attached hydrogens (tertiary/aromatic N) is 3. The fourth-order valence-electron chi connectivity index (χ4n) is 3.50. The minimum Gasteiger partial charge on any atom is -0.462 e. The van der Waals surface area contributed by atoms with E-state index in [1.54, 1.807) is 31.5 Å². The number of rotatable bonds is 5. The van der Waals surface area contributed by atoms with Gasteiger partial charge in [0.25, 0.3) is 0 Å². The van der Waals surface area contributed by atoms with E-state index < -0.39 is 0 Å². The lowest BCUT2D eigenvalue weighted by Gasteiger charge is -2.12. The van der Waals surface area contributed by atoms with Crippen LogP contribution in [0.2, 0.25) is 0 Å². The molecular formula is C26H23N3O4. The Morgan fingerprint density at radius 1 is 0.939 bits per heavy atom. The van der Waals surface area contributed by atoms with Crippen molar-refractivity contribution >= 4 is 23.0 Å². The summed E-state index contributed by atoms with van der Waals surface area (Å²) in [5.74, 6) is -0.376. The SMILES string of the molecule is CCOC(=O)c1cc(-c2cc(CC)ccn2)nc(-c2cc(C)cc3cccnc23)c1.O=C=O. The van der Waals surface area contributed by atoms with E-state index in [1.165, 1.54) is 0 Å². The largest absolute Gasteiger partial charge is 0.462 e. The Kier molecular flexibility index (Phi) is 7.73. The van der Waals surface area contributed by atoms with Crippen LogP contribution in [0, 0.1) is 6.92 Å². The maximum absolute atomic E-state index is 12.6. The fraction of sp³-hybridized carbons (Fsp3) is 0.192. The third kappa shape index (κ3) is 5.53. The molecule has 0 radical (unpaired) electrons. The van der Waals surface area contributed by atoms with Crippen LogP contribution in [0.25, 0.3) is 33.5 Å². The first-order valence-corrected chi connectivity index (χ1v) is 10.5. The summed E-state index contributed by atoms with van der Waals surface area (Å²) < 4.78 is 5.26. The number of carbonyl (C=O) groups excluding carboxylic acids is 3. The molecule has 0 aliphatic rings. The summed E-state index contributed by atoms with van der Waals surface area (Å²) in [7, 11) is 0. The van der Waals surface area contributed by atoms with Crippen molar-refractivity contribution in [2.24, 2.45) is 0 Å². The van der Waals surface area contributed by atoms with Crippen molar-refractivity contribution in [3.63, 3.8) is 0 Å². The number of pyridine rings is 3. The van der Waals surface area contributed by atoms with E-state index in [0.717, 1.165) is 39.7 Å². The summed E-state index contributed by atoms with van der Waals surface area (Å²) in [5, 5.41) is 1.03. The Balaban J connectivity index is 0.000000968. The summed E-state index contributed by atoms with van der Waals surface area (Å²) in [6.45, 7) is 6.24. The average molecular weight is 441 g/mol. The fourth-order valence-corrected chi connectivity index (χ4v) is 3.50. The number of hydrogen-bond acceptors (Lipinski definition) is 7. The average Bonchev–Trinajstić information content (AvgIpc) is 2.84. The first kappa shape index (κ1) is 23.4. The molecular weight excluding hydrogens is 418 g/mol. The Labute approximate surface area is 191 Å². The number of carbonyl (C=O) groups is 1. The van der Waals surface area contributed by atoms with Gasteiger partial charge in [-0.15, -0.1) is 0 Å². The number of hydrogen-bond donors (Lipinski definition) is 0. The molecule has 0 amide bonds. The normalized spacial score (nSPS) is 10.2. The molecule has 0 saturated heterocycles. The minimum atomic E-state index is -0.376. The minimum absolute atomic E-state index is 0.250. The first-order valence-electron chi connectivity index (χ1n) is 10.5. The van der Waals surface area contributed by atoms with Gasteiger partial charge in [-0.25, -0.2) is 9.78 Å². The van der Waals surface area contributed by atoms with Crippen LogP contribution in [-0.4, -0.2) is 33.7 Å². The zero-order valence-corrected chi connectivity index (χ0v) is 18.7. The van der Waals surface area contributed by atoms with Gasteiger partial charge in [0, 0.05) is 23.3 Å². The van der Waals surface area contributed by atoms with Crippen molar-refractivity contribution < 1.29 is 19.1 Å². The van der Waals surface area contributed by atoms with Crippen LogP contribution in [0.5, 0.6) is 0 Å². The summed E-state index contributed by atoms with van der Waals surface area (Å²) >= 11 is 0. The topological polar surface area (TPSA) is 99.1 Å². The van der Waals surface area contributed by atoms with E-state index >= 15 is 0 Å². The van der Waals surface area contributed by atoms with E-state index in [2.05, 4.69) is 23.0 Å². The number of aryl methyl sites for hydroxylation is 2. The van der Waals surface area contributed by atoms with Crippen LogP contribution in [0.3, 0.4) is 0 Å². The summed E-state index contributed by atoms with van der Waals surface area (Å²) in [6.07, 6.45) is 4.69. The highest BCUT2D eigenvalue weighted by Crippen LogP contribution is 2.30. The Morgan fingerprint density at radius 3 is 2.42 bits per heavy atom. The van der Waals surface area contributed by atoms with E-state index in [1.807, 2.05) is 37.3 Å². The van der Waals surface area contributed by atoms with Crippen LogP contribution in [0.4, 0.5) is 0 Å². The number of ether oxygens (including phenoxy) is 1. The van der Waals surface area contributed by atoms with Crippen molar-refractivity contribution in [2.75, 3.05) is 6.61 Å². The van der Waals surface area contributed by atoms with E-state index in [0.29, 0.717) is 23.6 Å². The van der Waals surface area contributed by atoms with Crippen molar-refractivity contribution in [2.45, 2.75) is 27.2 Å². The van der Waals surface area contributed by atoms with Gasteiger partial charge >= 0.3 is 12.1 Å². The van der Waals surface area contributed by atoms with Gasteiger partial charge < -0.3 is 4.74 Å². The highest BCUT2D eigenvalue weighted by Gasteiger charge is 2.16. The molecule has 0 spiro atoms. The number of benzene rings is 1. The van der Waals surface area contributed by atoms with Crippen molar-refractivity contribution in [3.8, 4) is 22.6 Å². The molecule has 0 aliphatic carbocycles. The third-order valence-corrected chi connectivity index (χ3v) is 4.96. The second kappa shape index (κ2) is 10.9. The highest BCUT2D eigenvalue weighted by molar-refractivity contribution is 5.96. The lowest BCUT2D eigenvalue weighted by molar-refractivity contribution is -0.191. The molecule has 3 aromatic heterocycles. The van der Waals surface area contributed by atoms with Gasteiger partial charge in [0.15, 0.2) is 0 Å². The van der Waals surface area contributed by atoms with Gasteiger partial charge in [0.05, 0.1) is 34.8 Å². The van der Waals surface area contributed by atoms with Crippen LogP contribution in [0.15, 0.2) is 60.9 Å². The number of fused-ring (bicyclic) bond motifs is 1. The molecule has 4 aromatic rings. The summed E-state index contributed by atoms with van der Waals surface area (Å²) in [4.78, 5) is 42.8. The van der Waals surface area contributed by atoms with E-state index in [-0.39, 0.29) is 12.1 Å². The molecule has 166 valence electrons. The molecule has 1 aromatic carbocycles. The second-order valence-electron chi connectivity index (χ2n) is 7.22. The lowest BCUT2D eigenvalue weighted by atomic mass is 10.0. The van der Waals surface area contributed by atoms with Crippen LogP contribution in [-0.2, 0) is 20.7 Å². The van der Waals surface area contributed by atoms with Gasteiger partial charge in [-0.05, 0) is 73.9 Å². The lowest BCUT2D eigenvalue weighted by Crippen LogP contribution is -2.06. The predicted octanol–water partition coefficient (Wildman–Crippen LogP) is 4.82. The van der Waals surface area contributed by atoms with E-state index in [9.17, 15) is 4.79 Å². The highest BCUT2D eigenvalue weighted by atomic mass is 16.5. The van der Waals surface area contributed by atoms with Gasteiger partial charge in [-0.3, -0.25) is 9.97 Å². The molecule has 0 N–H and O–H groups in total. The maximum Gasteiger partial charge on any atom is 0.373 e.